The van der Waals surface area contributed by atoms with Crippen LogP contribution in [0.5, 0.6) is 5.75 Å². The lowest BCUT2D eigenvalue weighted by molar-refractivity contribution is 0.313. The molecule has 0 fully saturated rings. The van der Waals surface area contributed by atoms with E-state index in [2.05, 4.69) is 40.7 Å². The summed E-state index contributed by atoms with van der Waals surface area (Å²) in [4.78, 5) is 0. The van der Waals surface area contributed by atoms with Crippen LogP contribution in [0.25, 0.3) is 0 Å². The van der Waals surface area contributed by atoms with E-state index < -0.39 is 0 Å². The Morgan fingerprint density at radius 2 is 1.83 bits per heavy atom. The molecule has 0 bridgehead atoms. The third-order valence-electron chi connectivity index (χ3n) is 3.59. The fourth-order valence-electron chi connectivity index (χ4n) is 2.21. The molecule has 0 aliphatic heterocycles. The fourth-order valence-corrected chi connectivity index (χ4v) is 2.21. The molecule has 1 aromatic rings. The topological polar surface area (TPSA) is 35.2 Å². The first-order chi connectivity index (χ1) is 8.51. The van der Waals surface area contributed by atoms with E-state index in [1.807, 2.05) is 0 Å². The molecular formula is C16H27NO. The van der Waals surface area contributed by atoms with E-state index in [0.29, 0.717) is 0 Å². The molecule has 0 aliphatic carbocycles. The first-order valence-corrected chi connectivity index (χ1v) is 6.99. The van der Waals surface area contributed by atoms with Crippen molar-refractivity contribution in [2.45, 2.75) is 59.9 Å². The van der Waals surface area contributed by atoms with Crippen LogP contribution in [0.2, 0.25) is 0 Å². The van der Waals surface area contributed by atoms with E-state index in [1.165, 1.54) is 22.3 Å². The van der Waals surface area contributed by atoms with Crippen molar-refractivity contribution in [3.63, 3.8) is 0 Å². The van der Waals surface area contributed by atoms with Gasteiger partial charge in [0.05, 0.1) is 6.61 Å². The van der Waals surface area contributed by atoms with Crippen molar-refractivity contribution < 1.29 is 4.74 Å². The van der Waals surface area contributed by atoms with Gasteiger partial charge >= 0.3 is 0 Å². The van der Waals surface area contributed by atoms with Gasteiger partial charge in [-0.15, -0.1) is 0 Å². The van der Waals surface area contributed by atoms with Gasteiger partial charge in [0, 0.05) is 6.04 Å². The first kappa shape index (κ1) is 15.0. The molecule has 0 aromatic heterocycles. The fraction of sp³-hybridized carbons (Fsp3) is 0.625. The highest BCUT2D eigenvalue weighted by molar-refractivity contribution is 5.49. The Balaban J connectivity index is 3.03. The van der Waals surface area contributed by atoms with E-state index in [1.54, 1.807) is 0 Å². The molecule has 0 amide bonds. The normalized spacial score (nSPS) is 12.6. The predicted molar refractivity (Wildman–Crippen MR) is 78.4 cm³/mol. The number of hydrogen-bond acceptors (Lipinski definition) is 2. The molecule has 1 atom stereocenters. The lowest BCUT2D eigenvalue weighted by Gasteiger charge is -2.19. The van der Waals surface area contributed by atoms with Gasteiger partial charge < -0.3 is 10.5 Å². The smallest absolute Gasteiger partial charge is 0.125 e. The molecule has 0 spiro atoms. The molecule has 0 saturated carbocycles. The molecule has 102 valence electrons. The molecular weight excluding hydrogens is 222 g/mol. The summed E-state index contributed by atoms with van der Waals surface area (Å²) in [5, 5.41) is 0. The average molecular weight is 249 g/mol. The van der Waals surface area contributed by atoms with Crippen LogP contribution in [-0.2, 0) is 6.42 Å². The summed E-state index contributed by atoms with van der Waals surface area (Å²) < 4.78 is 5.85. The van der Waals surface area contributed by atoms with Crippen LogP contribution in [0.15, 0.2) is 6.07 Å². The van der Waals surface area contributed by atoms with Gasteiger partial charge in [-0.1, -0.05) is 19.9 Å². The molecule has 0 radical (unpaired) electrons. The zero-order chi connectivity index (χ0) is 13.7. The van der Waals surface area contributed by atoms with E-state index in [0.717, 1.165) is 31.6 Å². The lowest BCUT2D eigenvalue weighted by atomic mass is 9.94. The summed E-state index contributed by atoms with van der Waals surface area (Å²) >= 11 is 0. The summed E-state index contributed by atoms with van der Waals surface area (Å²) in [6.07, 6.45) is 3.02. The van der Waals surface area contributed by atoms with Crippen LogP contribution in [0, 0.1) is 20.8 Å². The maximum atomic E-state index is 6.06. The third kappa shape index (κ3) is 3.49. The zero-order valence-electron chi connectivity index (χ0n) is 12.5. The molecule has 2 nitrogen and oxygen atoms in total. The molecule has 1 aromatic carbocycles. The molecule has 1 unspecified atom stereocenters. The van der Waals surface area contributed by atoms with Crippen LogP contribution >= 0.6 is 0 Å². The minimum atomic E-state index is 0.255. The highest BCUT2D eigenvalue weighted by Crippen LogP contribution is 2.29. The van der Waals surface area contributed by atoms with Crippen molar-refractivity contribution in [3.8, 4) is 5.75 Å². The lowest BCUT2D eigenvalue weighted by Crippen LogP contribution is -2.22. The van der Waals surface area contributed by atoms with Crippen molar-refractivity contribution in [2.24, 2.45) is 5.73 Å². The number of rotatable bonds is 6. The molecule has 0 saturated heterocycles. The molecule has 18 heavy (non-hydrogen) atoms. The van der Waals surface area contributed by atoms with Crippen molar-refractivity contribution in [1.82, 2.24) is 0 Å². The molecule has 0 aliphatic rings. The molecule has 1 rings (SSSR count). The van der Waals surface area contributed by atoms with Crippen molar-refractivity contribution in [3.05, 3.63) is 28.3 Å². The second-order valence-corrected chi connectivity index (χ2v) is 5.15. The van der Waals surface area contributed by atoms with Gasteiger partial charge in [-0.2, -0.15) is 0 Å². The van der Waals surface area contributed by atoms with E-state index in [-0.39, 0.29) is 6.04 Å². The minimum Gasteiger partial charge on any atom is -0.493 e. The van der Waals surface area contributed by atoms with Crippen LogP contribution in [0.3, 0.4) is 0 Å². The summed E-state index contributed by atoms with van der Waals surface area (Å²) in [5.41, 5.74) is 11.2. The standard InChI is InChI=1S/C16H27NO/c1-6-8-18-16-11(3)9-14(10-15(17)7-2)12(4)13(16)5/h9,15H,6-8,10,17H2,1-5H3. The molecule has 2 heteroatoms. The Morgan fingerprint density at radius 1 is 1.17 bits per heavy atom. The number of aryl methyl sites for hydroxylation is 1. The Bertz CT molecular complexity index is 399. The highest BCUT2D eigenvalue weighted by Gasteiger charge is 2.12. The number of nitrogens with two attached hydrogens (primary N) is 1. The van der Waals surface area contributed by atoms with Gasteiger partial charge in [0.15, 0.2) is 0 Å². The number of benzene rings is 1. The van der Waals surface area contributed by atoms with Crippen LogP contribution in [-0.4, -0.2) is 12.6 Å². The van der Waals surface area contributed by atoms with Crippen molar-refractivity contribution in [1.29, 1.82) is 0 Å². The summed E-state index contributed by atoms with van der Waals surface area (Å²) in [7, 11) is 0. The van der Waals surface area contributed by atoms with Crippen molar-refractivity contribution >= 4 is 0 Å². The summed E-state index contributed by atoms with van der Waals surface area (Å²) in [5.74, 6) is 1.06. The second kappa shape index (κ2) is 6.79. The quantitative estimate of drug-likeness (QED) is 0.834. The SMILES string of the molecule is CCCOc1c(C)cc(CC(N)CC)c(C)c1C. The summed E-state index contributed by atoms with van der Waals surface area (Å²) in [6.45, 7) is 11.5. The minimum absolute atomic E-state index is 0.255. The monoisotopic (exact) mass is 249 g/mol. The second-order valence-electron chi connectivity index (χ2n) is 5.15. The average Bonchev–Trinajstić information content (AvgIpc) is 2.35. The van der Waals surface area contributed by atoms with Gasteiger partial charge in [-0.3, -0.25) is 0 Å². The third-order valence-corrected chi connectivity index (χ3v) is 3.59. The maximum Gasteiger partial charge on any atom is 0.125 e. The Kier molecular flexibility index (Phi) is 5.67. The van der Waals surface area contributed by atoms with E-state index in [9.17, 15) is 0 Å². The largest absolute Gasteiger partial charge is 0.493 e. The number of ether oxygens (including phenoxy) is 1. The Labute approximate surface area is 112 Å². The predicted octanol–water partition coefficient (Wildman–Crippen LogP) is 3.68. The summed E-state index contributed by atoms with van der Waals surface area (Å²) in [6, 6.07) is 2.49. The Hall–Kier alpha value is -1.02. The molecule has 2 N–H and O–H groups in total. The van der Waals surface area contributed by atoms with Gasteiger partial charge in [0.1, 0.15) is 5.75 Å². The van der Waals surface area contributed by atoms with Crippen LogP contribution in [0.4, 0.5) is 0 Å². The van der Waals surface area contributed by atoms with E-state index in [4.69, 9.17) is 10.5 Å². The van der Waals surface area contributed by atoms with Gasteiger partial charge in [-0.05, 0) is 62.3 Å². The van der Waals surface area contributed by atoms with Gasteiger partial charge in [-0.25, -0.2) is 0 Å². The highest BCUT2D eigenvalue weighted by atomic mass is 16.5. The first-order valence-electron chi connectivity index (χ1n) is 6.99. The van der Waals surface area contributed by atoms with Crippen molar-refractivity contribution in [2.75, 3.05) is 6.61 Å². The van der Waals surface area contributed by atoms with Gasteiger partial charge in [0.2, 0.25) is 0 Å². The number of hydrogen-bond donors (Lipinski definition) is 1. The van der Waals surface area contributed by atoms with E-state index >= 15 is 0 Å². The van der Waals surface area contributed by atoms with Crippen LogP contribution < -0.4 is 10.5 Å². The van der Waals surface area contributed by atoms with Crippen LogP contribution in [0.1, 0.15) is 48.9 Å². The zero-order valence-corrected chi connectivity index (χ0v) is 12.5. The van der Waals surface area contributed by atoms with Gasteiger partial charge in [0.25, 0.3) is 0 Å². The molecule has 0 heterocycles. The Morgan fingerprint density at radius 3 is 2.39 bits per heavy atom. The maximum absolute atomic E-state index is 6.06.